The number of hydrogen-bond acceptors (Lipinski definition) is 4. The first-order valence-corrected chi connectivity index (χ1v) is 7.60. The van der Waals surface area contributed by atoms with E-state index in [4.69, 9.17) is 10.9 Å². The van der Waals surface area contributed by atoms with Crippen LogP contribution in [-0.4, -0.2) is 27.9 Å². The molecule has 0 fully saturated rings. The van der Waals surface area contributed by atoms with Crippen molar-refractivity contribution in [3.8, 4) is 0 Å². The monoisotopic (exact) mass is 303 g/mol. The zero-order valence-electron chi connectivity index (χ0n) is 11.4. The Morgan fingerprint density at radius 2 is 2.00 bits per heavy atom. The van der Waals surface area contributed by atoms with Crippen LogP contribution in [-0.2, 0) is 10.0 Å². The number of nitrogens with two attached hydrogens (primary N) is 2. The molecule has 0 saturated carbocycles. The number of primary sulfonamides is 1. The van der Waals surface area contributed by atoms with Gasteiger partial charge in [0.15, 0.2) is 5.82 Å². The van der Waals surface area contributed by atoms with E-state index in [-0.39, 0.29) is 11.3 Å². The van der Waals surface area contributed by atoms with Crippen molar-refractivity contribution in [2.45, 2.75) is 24.7 Å². The van der Waals surface area contributed by atoms with Crippen molar-refractivity contribution in [1.29, 1.82) is 0 Å². The summed E-state index contributed by atoms with van der Waals surface area (Å²) in [5.74, 6) is -1.82. The molecule has 0 radical (unpaired) electrons. The van der Waals surface area contributed by atoms with Gasteiger partial charge in [0.05, 0.1) is 5.69 Å². The summed E-state index contributed by atoms with van der Waals surface area (Å²) in [6, 6.07) is 2.08. The lowest BCUT2D eigenvalue weighted by Crippen LogP contribution is -2.24. The van der Waals surface area contributed by atoms with Crippen LogP contribution >= 0.6 is 0 Å². The first kappa shape index (κ1) is 16.4. The molecule has 0 saturated heterocycles. The third-order valence-electron chi connectivity index (χ3n) is 2.87. The highest BCUT2D eigenvalue weighted by Gasteiger charge is 2.22. The maximum Gasteiger partial charge on any atom is 0.248 e. The second-order valence-electron chi connectivity index (χ2n) is 4.49. The third kappa shape index (κ3) is 3.67. The molecule has 112 valence electrons. The van der Waals surface area contributed by atoms with Gasteiger partial charge in [0.2, 0.25) is 15.9 Å². The molecule has 0 unspecified atom stereocenters. The molecular formula is C12H18FN3O3S. The molecule has 6 nitrogen and oxygen atoms in total. The maximum atomic E-state index is 14.2. The number of anilines is 1. The summed E-state index contributed by atoms with van der Waals surface area (Å²) in [6.45, 7) is 2.49. The lowest BCUT2D eigenvalue weighted by atomic mass is 10.1. The zero-order chi connectivity index (χ0) is 15.5. The number of halogens is 1. The smallest absolute Gasteiger partial charge is 0.248 e. The van der Waals surface area contributed by atoms with Gasteiger partial charge in [0.1, 0.15) is 4.90 Å². The van der Waals surface area contributed by atoms with E-state index in [2.05, 4.69) is 0 Å². The minimum Gasteiger partial charge on any atom is -0.372 e. The van der Waals surface area contributed by atoms with E-state index in [0.29, 0.717) is 6.54 Å². The maximum absolute atomic E-state index is 14.2. The number of primary amides is 1. The summed E-state index contributed by atoms with van der Waals surface area (Å²) in [5.41, 5.74) is 5.01. The van der Waals surface area contributed by atoms with Crippen LogP contribution in [0.25, 0.3) is 0 Å². The second-order valence-corrected chi connectivity index (χ2v) is 6.02. The number of hydrogen-bond donors (Lipinski definition) is 2. The molecular weight excluding hydrogens is 285 g/mol. The summed E-state index contributed by atoms with van der Waals surface area (Å²) in [6.07, 6.45) is 1.69. The van der Waals surface area contributed by atoms with Crippen molar-refractivity contribution in [2.75, 3.05) is 18.5 Å². The number of amides is 1. The molecule has 1 amide bonds. The molecule has 0 aliphatic heterocycles. The number of nitrogens with zero attached hydrogens (tertiary/aromatic N) is 1. The molecule has 1 rings (SSSR count). The third-order valence-corrected chi connectivity index (χ3v) is 3.78. The van der Waals surface area contributed by atoms with Gasteiger partial charge in [-0.1, -0.05) is 13.3 Å². The minimum absolute atomic E-state index is 0.0150. The predicted octanol–water partition coefficient (Wildman–Crippen LogP) is 0.808. The van der Waals surface area contributed by atoms with Gasteiger partial charge in [-0.3, -0.25) is 4.79 Å². The van der Waals surface area contributed by atoms with E-state index in [9.17, 15) is 17.6 Å². The Labute approximate surface area is 117 Å². The fourth-order valence-electron chi connectivity index (χ4n) is 1.73. The van der Waals surface area contributed by atoms with Gasteiger partial charge in [-0.25, -0.2) is 17.9 Å². The summed E-state index contributed by atoms with van der Waals surface area (Å²) in [5, 5.41) is 4.96. The van der Waals surface area contributed by atoms with Gasteiger partial charge in [-0.05, 0) is 18.6 Å². The Hall–Kier alpha value is -1.67. The van der Waals surface area contributed by atoms with Gasteiger partial charge in [0.25, 0.3) is 0 Å². The highest BCUT2D eigenvalue weighted by Crippen LogP contribution is 2.26. The van der Waals surface area contributed by atoms with Crippen LogP contribution in [0.3, 0.4) is 0 Å². The first-order chi connectivity index (χ1) is 9.18. The van der Waals surface area contributed by atoms with Gasteiger partial charge >= 0.3 is 0 Å². The van der Waals surface area contributed by atoms with Gasteiger partial charge < -0.3 is 10.6 Å². The molecule has 0 aromatic heterocycles. The zero-order valence-corrected chi connectivity index (χ0v) is 12.2. The Morgan fingerprint density at radius 1 is 1.40 bits per heavy atom. The molecule has 20 heavy (non-hydrogen) atoms. The molecule has 1 aromatic rings. The van der Waals surface area contributed by atoms with Crippen LogP contribution < -0.4 is 15.8 Å². The quantitative estimate of drug-likeness (QED) is 0.810. The van der Waals surface area contributed by atoms with Crippen LogP contribution in [0.2, 0.25) is 0 Å². The number of sulfonamides is 1. The summed E-state index contributed by atoms with van der Waals surface area (Å²) in [4.78, 5) is 12.0. The molecule has 4 N–H and O–H groups in total. The van der Waals surface area contributed by atoms with E-state index in [1.165, 1.54) is 11.0 Å². The fraction of sp³-hybridized carbons (Fsp3) is 0.417. The Kier molecular flexibility index (Phi) is 5.07. The minimum atomic E-state index is -4.28. The van der Waals surface area contributed by atoms with E-state index in [1.54, 1.807) is 7.05 Å². The normalized spacial score (nSPS) is 11.4. The molecule has 0 aliphatic carbocycles. The standard InChI is InChI=1S/C12H18FN3O3S/c1-3-4-5-16(2)9-6-8(12(14)17)7-10(11(9)13)20(15,18)19/h6-7H,3-5H2,1-2H3,(H2,14,17)(H2,15,18,19). The molecule has 1 aromatic carbocycles. The molecule has 0 aliphatic rings. The van der Waals surface area contributed by atoms with Crippen molar-refractivity contribution in [2.24, 2.45) is 10.9 Å². The van der Waals surface area contributed by atoms with E-state index in [0.717, 1.165) is 18.9 Å². The predicted molar refractivity (Wildman–Crippen MR) is 74.5 cm³/mol. The Balaban J connectivity index is 3.43. The SMILES string of the molecule is CCCCN(C)c1cc(C(N)=O)cc(S(N)(=O)=O)c1F. The summed E-state index contributed by atoms with van der Waals surface area (Å²) >= 11 is 0. The molecule has 0 spiro atoms. The Morgan fingerprint density at radius 3 is 2.45 bits per heavy atom. The molecule has 0 atom stereocenters. The summed E-state index contributed by atoms with van der Waals surface area (Å²) in [7, 11) is -2.67. The van der Waals surface area contributed by atoms with Crippen molar-refractivity contribution in [1.82, 2.24) is 0 Å². The second kappa shape index (κ2) is 6.19. The lowest BCUT2D eigenvalue weighted by Gasteiger charge is -2.21. The number of carbonyl (C=O) groups is 1. The highest BCUT2D eigenvalue weighted by molar-refractivity contribution is 7.89. The molecule has 0 heterocycles. The molecule has 8 heteroatoms. The van der Waals surface area contributed by atoms with Crippen molar-refractivity contribution < 1.29 is 17.6 Å². The van der Waals surface area contributed by atoms with Crippen LogP contribution in [0.4, 0.5) is 10.1 Å². The Bertz CT molecular complexity index is 617. The number of rotatable bonds is 6. The van der Waals surface area contributed by atoms with E-state index >= 15 is 0 Å². The first-order valence-electron chi connectivity index (χ1n) is 6.05. The summed E-state index contributed by atoms with van der Waals surface area (Å²) < 4.78 is 37.0. The number of benzene rings is 1. The van der Waals surface area contributed by atoms with Crippen molar-refractivity contribution in [3.63, 3.8) is 0 Å². The number of carbonyl (C=O) groups excluding carboxylic acids is 1. The largest absolute Gasteiger partial charge is 0.372 e. The van der Waals surface area contributed by atoms with Crippen molar-refractivity contribution >= 4 is 21.6 Å². The van der Waals surface area contributed by atoms with Crippen LogP contribution in [0, 0.1) is 5.82 Å². The van der Waals surface area contributed by atoms with E-state index < -0.39 is 26.6 Å². The van der Waals surface area contributed by atoms with Gasteiger partial charge in [0, 0.05) is 19.2 Å². The van der Waals surface area contributed by atoms with Gasteiger partial charge in [-0.15, -0.1) is 0 Å². The average molecular weight is 303 g/mol. The number of unbranched alkanes of at least 4 members (excludes halogenated alkanes) is 1. The highest BCUT2D eigenvalue weighted by atomic mass is 32.2. The average Bonchev–Trinajstić information content (AvgIpc) is 2.34. The van der Waals surface area contributed by atoms with E-state index in [1.807, 2.05) is 6.92 Å². The lowest BCUT2D eigenvalue weighted by molar-refractivity contribution is 0.1000. The van der Waals surface area contributed by atoms with Crippen LogP contribution in [0.15, 0.2) is 17.0 Å². The van der Waals surface area contributed by atoms with Crippen LogP contribution in [0.1, 0.15) is 30.1 Å². The molecule has 0 bridgehead atoms. The topological polar surface area (TPSA) is 106 Å². The van der Waals surface area contributed by atoms with Crippen molar-refractivity contribution in [3.05, 3.63) is 23.5 Å². The van der Waals surface area contributed by atoms with Gasteiger partial charge in [-0.2, -0.15) is 0 Å². The van der Waals surface area contributed by atoms with Crippen LogP contribution in [0.5, 0.6) is 0 Å². The fourth-order valence-corrected chi connectivity index (χ4v) is 2.37.